The second-order valence-electron chi connectivity index (χ2n) is 6.16. The molecule has 0 fully saturated rings. The van der Waals surface area contributed by atoms with Crippen LogP contribution in [0.15, 0.2) is 48.5 Å². The van der Waals surface area contributed by atoms with Gasteiger partial charge in [-0.3, -0.25) is 4.79 Å². The minimum atomic E-state index is -0.106. The van der Waals surface area contributed by atoms with Gasteiger partial charge in [0.1, 0.15) is 5.75 Å². The number of hydrogen-bond donors (Lipinski definition) is 1. The van der Waals surface area contributed by atoms with Crippen molar-refractivity contribution in [2.75, 3.05) is 13.7 Å². The van der Waals surface area contributed by atoms with Crippen LogP contribution < -0.4 is 10.1 Å². The zero-order chi connectivity index (χ0) is 17.4. The molecule has 0 aromatic heterocycles. The molecule has 24 heavy (non-hydrogen) atoms. The quantitative estimate of drug-likeness (QED) is 0.802. The van der Waals surface area contributed by atoms with E-state index in [1.54, 1.807) is 19.2 Å². The third-order valence-corrected chi connectivity index (χ3v) is 3.47. The molecule has 0 bridgehead atoms. The molecule has 0 unspecified atom stereocenters. The highest BCUT2D eigenvalue weighted by atomic mass is 16.5. The molecule has 0 saturated carbocycles. The summed E-state index contributed by atoms with van der Waals surface area (Å²) in [5.74, 6) is 1.06. The molecule has 2 rings (SSSR count). The van der Waals surface area contributed by atoms with Gasteiger partial charge in [-0.25, -0.2) is 0 Å². The van der Waals surface area contributed by atoms with Gasteiger partial charge in [0, 0.05) is 19.2 Å². The monoisotopic (exact) mass is 327 g/mol. The molecule has 128 valence electrons. The van der Waals surface area contributed by atoms with Gasteiger partial charge in [0.25, 0.3) is 5.91 Å². The highest BCUT2D eigenvalue weighted by Gasteiger charge is 2.07. The number of amides is 1. The number of rotatable bonds is 8. The Bertz CT molecular complexity index is 650. The lowest BCUT2D eigenvalue weighted by Gasteiger charge is -2.10. The summed E-state index contributed by atoms with van der Waals surface area (Å²) in [6.07, 6.45) is 0. The van der Waals surface area contributed by atoms with Crippen LogP contribution >= 0.6 is 0 Å². The van der Waals surface area contributed by atoms with E-state index in [1.165, 1.54) is 0 Å². The van der Waals surface area contributed by atoms with E-state index in [4.69, 9.17) is 9.47 Å². The van der Waals surface area contributed by atoms with Gasteiger partial charge < -0.3 is 14.8 Å². The first-order valence-electron chi connectivity index (χ1n) is 8.16. The number of methoxy groups -OCH3 is 1. The molecule has 0 saturated heterocycles. The van der Waals surface area contributed by atoms with Crippen LogP contribution in [0, 0.1) is 5.92 Å². The number of nitrogens with one attached hydrogen (secondary N) is 1. The summed E-state index contributed by atoms with van der Waals surface area (Å²) < 4.78 is 10.8. The van der Waals surface area contributed by atoms with Gasteiger partial charge in [-0.2, -0.15) is 0 Å². The van der Waals surface area contributed by atoms with Gasteiger partial charge in [0.15, 0.2) is 0 Å². The van der Waals surface area contributed by atoms with E-state index in [1.807, 2.05) is 36.4 Å². The maximum absolute atomic E-state index is 12.3. The molecule has 1 amide bonds. The van der Waals surface area contributed by atoms with E-state index >= 15 is 0 Å². The molecule has 0 aliphatic rings. The molecule has 0 atom stereocenters. The molecule has 1 N–H and O–H groups in total. The topological polar surface area (TPSA) is 47.6 Å². The van der Waals surface area contributed by atoms with Gasteiger partial charge in [-0.1, -0.05) is 44.2 Å². The van der Waals surface area contributed by atoms with Crippen LogP contribution in [0.1, 0.15) is 35.3 Å². The van der Waals surface area contributed by atoms with Crippen LogP contribution in [0.4, 0.5) is 0 Å². The van der Waals surface area contributed by atoms with Crippen molar-refractivity contribution in [3.63, 3.8) is 0 Å². The first-order chi connectivity index (χ1) is 11.6. The highest BCUT2D eigenvalue weighted by molar-refractivity contribution is 5.94. The molecule has 0 spiro atoms. The Labute approximate surface area is 143 Å². The van der Waals surface area contributed by atoms with Gasteiger partial charge in [0.05, 0.1) is 13.2 Å². The average molecular weight is 327 g/mol. The fraction of sp³-hybridized carbons (Fsp3) is 0.350. The second-order valence-corrected chi connectivity index (χ2v) is 6.16. The van der Waals surface area contributed by atoms with Crippen molar-refractivity contribution >= 4 is 5.91 Å². The van der Waals surface area contributed by atoms with Crippen molar-refractivity contribution in [1.29, 1.82) is 0 Å². The Hall–Kier alpha value is -2.33. The summed E-state index contributed by atoms with van der Waals surface area (Å²) >= 11 is 0. The molecular weight excluding hydrogens is 302 g/mol. The lowest BCUT2D eigenvalue weighted by molar-refractivity contribution is 0.0950. The fourth-order valence-corrected chi connectivity index (χ4v) is 2.19. The SMILES string of the molecule is COCc1ccc(CNC(=O)c2cccc(OCC(C)C)c2)cc1. The number of ether oxygens (including phenoxy) is 2. The third kappa shape index (κ3) is 5.70. The van der Waals surface area contributed by atoms with Crippen LogP contribution in [0.3, 0.4) is 0 Å². The average Bonchev–Trinajstić information content (AvgIpc) is 2.59. The molecular formula is C20H25NO3. The van der Waals surface area contributed by atoms with Crippen LogP contribution in [-0.4, -0.2) is 19.6 Å². The molecule has 0 aliphatic heterocycles. The van der Waals surface area contributed by atoms with Crippen LogP contribution in [0.5, 0.6) is 5.75 Å². The van der Waals surface area contributed by atoms with Crippen molar-refractivity contribution in [3.05, 3.63) is 65.2 Å². The largest absolute Gasteiger partial charge is 0.493 e. The summed E-state index contributed by atoms with van der Waals surface area (Å²) in [5.41, 5.74) is 2.77. The van der Waals surface area contributed by atoms with E-state index in [0.29, 0.717) is 31.2 Å². The maximum Gasteiger partial charge on any atom is 0.251 e. The number of hydrogen-bond acceptors (Lipinski definition) is 3. The Morgan fingerprint density at radius 2 is 1.79 bits per heavy atom. The number of benzene rings is 2. The minimum absolute atomic E-state index is 0.106. The van der Waals surface area contributed by atoms with Gasteiger partial charge >= 0.3 is 0 Å². The standard InChI is InChI=1S/C20H25NO3/c1-15(2)13-24-19-6-4-5-18(11-19)20(22)21-12-16-7-9-17(10-8-16)14-23-3/h4-11,15H,12-14H2,1-3H3,(H,21,22). The molecule has 0 aliphatic carbocycles. The smallest absolute Gasteiger partial charge is 0.251 e. The summed E-state index contributed by atoms with van der Waals surface area (Å²) in [5, 5.41) is 2.93. The Morgan fingerprint density at radius 3 is 2.46 bits per heavy atom. The zero-order valence-corrected chi connectivity index (χ0v) is 14.5. The molecule has 0 heterocycles. The first-order valence-corrected chi connectivity index (χ1v) is 8.16. The molecule has 0 radical (unpaired) electrons. The molecule has 4 heteroatoms. The van der Waals surface area contributed by atoms with Gasteiger partial charge in [-0.15, -0.1) is 0 Å². The van der Waals surface area contributed by atoms with Gasteiger partial charge in [0.2, 0.25) is 0 Å². The van der Waals surface area contributed by atoms with E-state index in [0.717, 1.165) is 16.9 Å². The fourth-order valence-electron chi connectivity index (χ4n) is 2.19. The second kappa shape index (κ2) is 9.08. The predicted octanol–water partition coefficient (Wildman–Crippen LogP) is 3.80. The van der Waals surface area contributed by atoms with Gasteiger partial charge in [-0.05, 0) is 35.2 Å². The van der Waals surface area contributed by atoms with E-state index in [9.17, 15) is 4.79 Å². The Balaban J connectivity index is 1.91. The minimum Gasteiger partial charge on any atom is -0.493 e. The summed E-state index contributed by atoms with van der Waals surface area (Å²) in [6, 6.07) is 15.3. The number of carbonyl (C=O) groups excluding carboxylic acids is 1. The molecule has 4 nitrogen and oxygen atoms in total. The molecule has 2 aromatic carbocycles. The normalized spacial score (nSPS) is 10.7. The van der Waals surface area contributed by atoms with Crippen molar-refractivity contribution in [1.82, 2.24) is 5.32 Å². The van der Waals surface area contributed by atoms with Crippen molar-refractivity contribution in [3.8, 4) is 5.75 Å². The molecule has 2 aromatic rings. The van der Waals surface area contributed by atoms with Crippen LogP contribution in [0.2, 0.25) is 0 Å². The van der Waals surface area contributed by atoms with Crippen molar-refractivity contribution in [2.45, 2.75) is 27.0 Å². The van der Waals surface area contributed by atoms with E-state index in [2.05, 4.69) is 19.2 Å². The van der Waals surface area contributed by atoms with Crippen LogP contribution in [-0.2, 0) is 17.9 Å². The lowest BCUT2D eigenvalue weighted by atomic mass is 10.1. The first kappa shape index (κ1) is 18.0. The predicted molar refractivity (Wildman–Crippen MR) is 95.1 cm³/mol. The third-order valence-electron chi connectivity index (χ3n) is 3.47. The van der Waals surface area contributed by atoms with E-state index in [-0.39, 0.29) is 5.91 Å². The van der Waals surface area contributed by atoms with Crippen LogP contribution in [0.25, 0.3) is 0 Å². The van der Waals surface area contributed by atoms with Crippen molar-refractivity contribution < 1.29 is 14.3 Å². The van der Waals surface area contributed by atoms with E-state index < -0.39 is 0 Å². The summed E-state index contributed by atoms with van der Waals surface area (Å²) in [6.45, 7) is 5.90. The number of carbonyl (C=O) groups is 1. The maximum atomic E-state index is 12.3. The van der Waals surface area contributed by atoms with Crippen molar-refractivity contribution in [2.24, 2.45) is 5.92 Å². The Kier molecular flexibility index (Phi) is 6.82. The lowest BCUT2D eigenvalue weighted by Crippen LogP contribution is -2.22. The zero-order valence-electron chi connectivity index (χ0n) is 14.5. The summed E-state index contributed by atoms with van der Waals surface area (Å²) in [7, 11) is 1.67. The highest BCUT2D eigenvalue weighted by Crippen LogP contribution is 2.14. The summed E-state index contributed by atoms with van der Waals surface area (Å²) in [4.78, 5) is 12.3. The Morgan fingerprint density at radius 1 is 1.08 bits per heavy atom.